The molecule has 0 radical (unpaired) electrons. The van der Waals surface area contributed by atoms with E-state index in [1.54, 1.807) is 0 Å². The van der Waals surface area contributed by atoms with E-state index < -0.39 is 13.0 Å². The molecule has 12 atom stereocenters. The Morgan fingerprint density at radius 3 is 0.604 bits per heavy atom. The third kappa shape index (κ3) is 5.09. The average Bonchev–Trinajstić information content (AvgIpc) is 3.95. The van der Waals surface area contributed by atoms with Gasteiger partial charge in [0.25, 0.3) is 0 Å². The van der Waals surface area contributed by atoms with Crippen LogP contribution in [0.15, 0.2) is 72.9 Å². The van der Waals surface area contributed by atoms with Gasteiger partial charge in [-0.3, -0.25) is 0 Å². The third-order valence-electron chi connectivity index (χ3n) is 16.1. The Labute approximate surface area is 310 Å². The van der Waals surface area contributed by atoms with E-state index in [1.807, 2.05) is 0 Å². The Balaban J connectivity index is 0.000000111. The molecule has 12 unspecified atom stereocenters. The molecule has 0 spiro atoms. The van der Waals surface area contributed by atoms with Gasteiger partial charge in [-0.05, 0) is 151 Å². The van der Waals surface area contributed by atoms with Crippen LogP contribution in [-0.2, 0) is 13.0 Å². The molecule has 12 rings (SSSR count). The summed E-state index contributed by atoms with van der Waals surface area (Å²) < 4.78 is 0. The Hall–Kier alpha value is 0.793. The summed E-state index contributed by atoms with van der Waals surface area (Å²) >= 11 is -1.75. The molecule has 12 aliphatic rings. The number of fused-ring (bicyclic) bond motifs is 12. The van der Waals surface area contributed by atoms with E-state index in [-0.39, 0.29) is 15.8 Å². The van der Waals surface area contributed by atoms with Gasteiger partial charge in [0, 0.05) is 30.9 Å². The molecule has 0 aliphatic heterocycles. The zero-order valence-electron chi connectivity index (χ0n) is 28.5. The minimum absolute atomic E-state index is 0.0475. The minimum atomic E-state index is -1.75. The monoisotopic (exact) mass is 827 g/mol. The van der Waals surface area contributed by atoms with Crippen molar-refractivity contribution in [1.29, 1.82) is 0 Å². The molecule has 0 aromatic carbocycles. The Morgan fingerprint density at radius 1 is 0.354 bits per heavy atom. The molecule has 0 saturated heterocycles. The van der Waals surface area contributed by atoms with Crippen LogP contribution in [0.2, 0.25) is 0 Å². The van der Waals surface area contributed by atoms with Crippen LogP contribution in [-0.4, -0.2) is 30.9 Å². The van der Waals surface area contributed by atoms with Crippen LogP contribution in [0.5, 0.6) is 0 Å². The zero-order valence-corrected chi connectivity index (χ0v) is 34.3. The van der Waals surface area contributed by atoms with E-state index in [0.29, 0.717) is 30.9 Å². The van der Waals surface area contributed by atoms with Crippen molar-refractivity contribution in [2.75, 3.05) is 0 Å². The maximum atomic E-state index is 4.95. The molecule has 261 valence electrons. The van der Waals surface area contributed by atoms with Crippen LogP contribution in [0.4, 0.5) is 0 Å². The van der Waals surface area contributed by atoms with Crippen LogP contribution in [0.25, 0.3) is 0 Å². The first-order valence-corrected chi connectivity index (χ1v) is 29.0. The van der Waals surface area contributed by atoms with Crippen molar-refractivity contribution in [2.45, 2.75) is 147 Å². The fraction of sp³-hybridized carbons (Fsp3) is 0.714. The van der Waals surface area contributed by atoms with Crippen molar-refractivity contribution in [3.05, 3.63) is 72.9 Å². The summed E-state index contributed by atoms with van der Waals surface area (Å²) in [7, 11) is 14.9. The summed E-state index contributed by atoms with van der Waals surface area (Å²) in [4.78, 5) is 0. The SMILES string of the molecule is C1=CC2(P(C34C=CC(CC3)C4)C34C=CC(CC3)C4)CCC1C2.C1=CC2(P(C34C=CC(CC3)C4)C34C=CC(CC3)C4)CCC1C2.[Cl][Ru]([Cl])[Cl]. The fourth-order valence-corrected chi connectivity index (χ4v) is 26.0. The second-order valence-corrected chi connectivity index (χ2v) is 33.2. The zero-order chi connectivity index (χ0) is 32.4. The number of hydrogen-bond donors (Lipinski definition) is 0. The summed E-state index contributed by atoms with van der Waals surface area (Å²) in [5.74, 6) is 5.60. The first kappa shape index (κ1) is 33.4. The maximum absolute atomic E-state index is 4.95. The molecule has 48 heavy (non-hydrogen) atoms. The molecule has 6 heteroatoms. The van der Waals surface area contributed by atoms with Crippen molar-refractivity contribution in [3.8, 4) is 0 Å². The van der Waals surface area contributed by atoms with Crippen LogP contribution in [0.3, 0.4) is 0 Å². The van der Waals surface area contributed by atoms with E-state index in [1.165, 1.54) is 116 Å². The Kier molecular flexibility index (Phi) is 8.27. The number of halogens is 3. The standard InChI is InChI=1S/2C21H27P.3ClH.Ru/c2*1-7-19(8-2-16(1)13-19)22(20-9-3-17(14-20)4-10-20)21-11-5-18(15-21)6-12-21;;;;/h2*1,3,5,7,9,11,16-18H,2,4,6,8,10,12-15H2;3*1H;/q;;;;;+3/p-3. The van der Waals surface area contributed by atoms with E-state index in [4.69, 9.17) is 29.1 Å². The van der Waals surface area contributed by atoms with E-state index in [9.17, 15) is 0 Å². The van der Waals surface area contributed by atoms with Crippen molar-refractivity contribution >= 4 is 44.9 Å². The van der Waals surface area contributed by atoms with E-state index in [2.05, 4.69) is 72.9 Å². The Morgan fingerprint density at radius 2 is 0.521 bits per heavy atom. The second-order valence-electron chi connectivity index (χ2n) is 18.6. The normalized spacial score (nSPS) is 53.7. The molecule has 12 bridgehead atoms. The van der Waals surface area contributed by atoms with Gasteiger partial charge in [-0.25, -0.2) is 0 Å². The molecule has 0 aromatic heterocycles. The molecule has 0 heterocycles. The van der Waals surface area contributed by atoms with Gasteiger partial charge in [-0.1, -0.05) is 88.8 Å². The summed E-state index contributed by atoms with van der Waals surface area (Å²) in [6.07, 6.45) is 59.2. The van der Waals surface area contributed by atoms with Gasteiger partial charge in [-0.2, -0.15) is 0 Å². The first-order valence-electron chi connectivity index (χ1n) is 19.6. The molecule has 0 nitrogen and oxygen atoms in total. The average molecular weight is 828 g/mol. The number of allylic oxidation sites excluding steroid dienone is 12. The van der Waals surface area contributed by atoms with Gasteiger partial charge in [-0.15, -0.1) is 0 Å². The summed E-state index contributed by atoms with van der Waals surface area (Å²) in [5.41, 5.74) is 0. The second kappa shape index (κ2) is 11.9. The molecular weight excluding hydrogens is 774 g/mol. The van der Waals surface area contributed by atoms with Crippen molar-refractivity contribution in [2.24, 2.45) is 35.5 Å². The van der Waals surface area contributed by atoms with Crippen LogP contribution < -0.4 is 0 Å². The summed E-state index contributed by atoms with van der Waals surface area (Å²) in [6.45, 7) is 0. The van der Waals surface area contributed by atoms with E-state index in [0.717, 1.165) is 35.5 Å². The van der Waals surface area contributed by atoms with Crippen molar-refractivity contribution in [3.63, 3.8) is 0 Å². The van der Waals surface area contributed by atoms with Gasteiger partial charge in [0.05, 0.1) is 0 Å². The molecule has 6 saturated carbocycles. The number of hydrogen-bond acceptors (Lipinski definition) is 0. The van der Waals surface area contributed by atoms with Gasteiger partial charge in [0.2, 0.25) is 0 Å². The van der Waals surface area contributed by atoms with Gasteiger partial charge < -0.3 is 0 Å². The summed E-state index contributed by atoms with van der Waals surface area (Å²) in [5, 5.41) is 3.71. The van der Waals surface area contributed by atoms with Crippen molar-refractivity contribution in [1.82, 2.24) is 0 Å². The topological polar surface area (TPSA) is 0 Å². The quantitative estimate of drug-likeness (QED) is 0.142. The predicted molar refractivity (Wildman–Crippen MR) is 207 cm³/mol. The van der Waals surface area contributed by atoms with E-state index >= 15 is 0 Å². The van der Waals surface area contributed by atoms with Crippen LogP contribution in [0, 0.1) is 35.5 Å². The molecule has 6 fully saturated rings. The van der Waals surface area contributed by atoms with Gasteiger partial charge in [0.15, 0.2) is 0 Å². The van der Waals surface area contributed by atoms with Crippen LogP contribution in [0.1, 0.15) is 116 Å². The van der Waals surface area contributed by atoms with Crippen molar-refractivity contribution < 1.29 is 13.0 Å². The molecule has 0 aromatic rings. The first-order chi connectivity index (χ1) is 23.2. The fourth-order valence-electron chi connectivity index (χ4n) is 14.7. The summed E-state index contributed by atoms with van der Waals surface area (Å²) in [6, 6.07) is 0. The van der Waals surface area contributed by atoms with Crippen LogP contribution >= 0.6 is 44.9 Å². The Bertz CT molecular complexity index is 1240. The predicted octanol–water partition coefficient (Wildman–Crippen LogP) is 13.7. The molecule has 0 amide bonds. The molecular formula is C42H54Cl3P2Ru. The molecule has 0 N–H and O–H groups in total. The number of rotatable bonds is 6. The third-order valence-corrected chi connectivity index (χ3v) is 24.8. The van der Waals surface area contributed by atoms with Gasteiger partial charge in [0.1, 0.15) is 0 Å². The molecule has 12 aliphatic carbocycles. The van der Waals surface area contributed by atoms with Gasteiger partial charge >= 0.3 is 42.1 Å².